The highest BCUT2D eigenvalue weighted by molar-refractivity contribution is 5.86. The Bertz CT molecular complexity index is 854. The van der Waals surface area contributed by atoms with Crippen LogP contribution >= 0.6 is 0 Å². The SMILES string of the molecule is Nc1cccc(Nc2nc(N)nc3c2ncn3C2CCCO2)c1. The van der Waals surface area contributed by atoms with Crippen LogP contribution in [0.3, 0.4) is 0 Å². The summed E-state index contributed by atoms with van der Waals surface area (Å²) in [5.74, 6) is 0.735. The van der Waals surface area contributed by atoms with Gasteiger partial charge in [0.05, 0.1) is 6.33 Å². The zero-order valence-electron chi connectivity index (χ0n) is 12.4. The topological polar surface area (TPSA) is 117 Å². The average molecular weight is 311 g/mol. The second-order valence-electron chi connectivity index (χ2n) is 5.47. The predicted molar refractivity (Wildman–Crippen MR) is 88.1 cm³/mol. The maximum absolute atomic E-state index is 5.87. The van der Waals surface area contributed by atoms with E-state index in [4.69, 9.17) is 16.2 Å². The minimum atomic E-state index is -0.0467. The second-order valence-corrected chi connectivity index (χ2v) is 5.47. The Morgan fingerprint density at radius 2 is 2.17 bits per heavy atom. The van der Waals surface area contributed by atoms with Crippen LogP contribution < -0.4 is 16.8 Å². The molecule has 0 bridgehead atoms. The van der Waals surface area contributed by atoms with Crippen LogP contribution in [0.5, 0.6) is 0 Å². The largest absolute Gasteiger partial charge is 0.399 e. The molecule has 1 atom stereocenters. The van der Waals surface area contributed by atoms with E-state index in [9.17, 15) is 0 Å². The van der Waals surface area contributed by atoms with Gasteiger partial charge in [0.25, 0.3) is 0 Å². The van der Waals surface area contributed by atoms with E-state index >= 15 is 0 Å². The number of hydrogen-bond acceptors (Lipinski definition) is 7. The van der Waals surface area contributed by atoms with Crippen LogP contribution in [-0.2, 0) is 4.74 Å². The number of nitrogens with zero attached hydrogens (tertiary/aromatic N) is 4. The Morgan fingerprint density at radius 3 is 2.96 bits per heavy atom. The molecule has 1 saturated heterocycles. The molecule has 1 unspecified atom stereocenters. The predicted octanol–water partition coefficient (Wildman–Crippen LogP) is 2.04. The summed E-state index contributed by atoms with van der Waals surface area (Å²) in [5, 5.41) is 3.20. The van der Waals surface area contributed by atoms with Gasteiger partial charge in [-0.3, -0.25) is 4.57 Å². The molecule has 0 amide bonds. The minimum absolute atomic E-state index is 0.0467. The number of imidazole rings is 1. The fourth-order valence-corrected chi connectivity index (χ4v) is 2.76. The van der Waals surface area contributed by atoms with Gasteiger partial charge in [-0.2, -0.15) is 9.97 Å². The number of nitrogens with one attached hydrogen (secondary N) is 1. The lowest BCUT2D eigenvalue weighted by molar-refractivity contribution is 0.0593. The number of rotatable bonds is 3. The summed E-state index contributed by atoms with van der Waals surface area (Å²) in [6, 6.07) is 7.41. The molecule has 0 spiro atoms. The average Bonchev–Trinajstić information content (AvgIpc) is 3.15. The first kappa shape index (κ1) is 13.8. The molecule has 1 aliphatic rings. The summed E-state index contributed by atoms with van der Waals surface area (Å²) in [6.07, 6.45) is 3.64. The minimum Gasteiger partial charge on any atom is -0.399 e. The molecule has 4 rings (SSSR count). The molecule has 1 fully saturated rings. The van der Waals surface area contributed by atoms with Crippen molar-refractivity contribution in [3.8, 4) is 0 Å². The van der Waals surface area contributed by atoms with Gasteiger partial charge < -0.3 is 21.5 Å². The van der Waals surface area contributed by atoms with Crippen LogP contribution in [-0.4, -0.2) is 26.1 Å². The molecule has 2 aromatic heterocycles. The Hall–Kier alpha value is -2.87. The van der Waals surface area contributed by atoms with Gasteiger partial charge in [-0.25, -0.2) is 4.98 Å². The van der Waals surface area contributed by atoms with Crippen molar-refractivity contribution >= 4 is 34.3 Å². The third-order valence-corrected chi connectivity index (χ3v) is 3.80. The standard InChI is InChI=1S/C15H17N7O/c16-9-3-1-4-10(7-9)19-13-12-14(21-15(17)20-13)22(8-18-12)11-5-2-6-23-11/h1,3-4,7-8,11H,2,5-6,16H2,(H3,17,19,20,21). The molecule has 3 heterocycles. The van der Waals surface area contributed by atoms with Crippen molar-refractivity contribution in [1.82, 2.24) is 19.5 Å². The highest BCUT2D eigenvalue weighted by atomic mass is 16.5. The molecular weight excluding hydrogens is 294 g/mol. The van der Waals surface area contributed by atoms with Crippen molar-refractivity contribution in [1.29, 1.82) is 0 Å². The van der Waals surface area contributed by atoms with Gasteiger partial charge in [0, 0.05) is 18.0 Å². The summed E-state index contributed by atoms with van der Waals surface area (Å²) in [6.45, 7) is 0.749. The van der Waals surface area contributed by atoms with E-state index in [1.165, 1.54) is 0 Å². The first-order valence-electron chi connectivity index (χ1n) is 7.45. The lowest BCUT2D eigenvalue weighted by Gasteiger charge is -2.12. The zero-order chi connectivity index (χ0) is 15.8. The van der Waals surface area contributed by atoms with Crippen molar-refractivity contribution in [2.45, 2.75) is 19.1 Å². The number of nitrogens with two attached hydrogens (primary N) is 2. The van der Waals surface area contributed by atoms with Crippen molar-refractivity contribution in [3.05, 3.63) is 30.6 Å². The zero-order valence-corrected chi connectivity index (χ0v) is 12.4. The molecule has 0 saturated carbocycles. The summed E-state index contributed by atoms with van der Waals surface area (Å²) < 4.78 is 7.61. The molecule has 23 heavy (non-hydrogen) atoms. The number of fused-ring (bicyclic) bond motifs is 1. The van der Waals surface area contributed by atoms with Gasteiger partial charge in [0.1, 0.15) is 6.23 Å². The first-order valence-corrected chi connectivity index (χ1v) is 7.45. The quantitative estimate of drug-likeness (QED) is 0.634. The fourth-order valence-electron chi connectivity index (χ4n) is 2.76. The van der Waals surface area contributed by atoms with Gasteiger partial charge in [-0.1, -0.05) is 6.07 Å². The normalized spacial score (nSPS) is 17.7. The van der Waals surface area contributed by atoms with Crippen molar-refractivity contribution in [3.63, 3.8) is 0 Å². The number of benzene rings is 1. The van der Waals surface area contributed by atoms with Gasteiger partial charge in [-0.15, -0.1) is 0 Å². The lowest BCUT2D eigenvalue weighted by atomic mass is 10.3. The Labute approximate surface area is 132 Å². The fraction of sp³-hybridized carbons (Fsp3) is 0.267. The van der Waals surface area contributed by atoms with Crippen LogP contribution in [0.25, 0.3) is 11.2 Å². The highest BCUT2D eigenvalue weighted by Gasteiger charge is 2.22. The maximum Gasteiger partial charge on any atom is 0.224 e. The van der Waals surface area contributed by atoms with Gasteiger partial charge in [0.2, 0.25) is 5.95 Å². The molecule has 8 heteroatoms. The van der Waals surface area contributed by atoms with Crippen molar-refractivity contribution in [2.75, 3.05) is 23.4 Å². The summed E-state index contributed by atoms with van der Waals surface area (Å²) in [4.78, 5) is 13.0. The van der Waals surface area contributed by atoms with E-state index in [1.54, 1.807) is 6.33 Å². The smallest absolute Gasteiger partial charge is 0.224 e. The number of ether oxygens (including phenoxy) is 1. The molecule has 3 aromatic rings. The number of hydrogen-bond donors (Lipinski definition) is 3. The van der Waals surface area contributed by atoms with E-state index in [0.717, 1.165) is 25.1 Å². The molecule has 0 aliphatic carbocycles. The van der Waals surface area contributed by atoms with E-state index in [2.05, 4.69) is 20.3 Å². The van der Waals surface area contributed by atoms with E-state index in [-0.39, 0.29) is 12.2 Å². The van der Waals surface area contributed by atoms with Crippen LogP contribution in [0.4, 0.5) is 23.1 Å². The molecule has 5 N–H and O–H groups in total. The third kappa shape index (κ3) is 2.53. The van der Waals surface area contributed by atoms with Gasteiger partial charge >= 0.3 is 0 Å². The summed E-state index contributed by atoms with van der Waals surface area (Å²) >= 11 is 0. The molecule has 118 valence electrons. The van der Waals surface area contributed by atoms with Crippen LogP contribution in [0, 0.1) is 0 Å². The molecule has 1 aliphatic heterocycles. The van der Waals surface area contributed by atoms with E-state index < -0.39 is 0 Å². The molecular formula is C15H17N7O. The number of anilines is 4. The molecule has 1 aromatic carbocycles. The number of aromatic nitrogens is 4. The van der Waals surface area contributed by atoms with Gasteiger partial charge in [-0.05, 0) is 31.0 Å². The third-order valence-electron chi connectivity index (χ3n) is 3.80. The lowest BCUT2D eigenvalue weighted by Crippen LogP contribution is -2.08. The molecule has 0 radical (unpaired) electrons. The highest BCUT2D eigenvalue weighted by Crippen LogP contribution is 2.29. The van der Waals surface area contributed by atoms with E-state index in [1.807, 2.05) is 28.8 Å². The monoisotopic (exact) mass is 311 g/mol. The van der Waals surface area contributed by atoms with E-state index in [0.29, 0.717) is 22.7 Å². The second kappa shape index (κ2) is 5.40. The number of nitrogen functional groups attached to an aromatic ring is 2. The van der Waals surface area contributed by atoms with Crippen molar-refractivity contribution in [2.24, 2.45) is 0 Å². The summed E-state index contributed by atoms with van der Waals surface area (Å²) in [7, 11) is 0. The molecule has 8 nitrogen and oxygen atoms in total. The first-order chi connectivity index (χ1) is 11.2. The van der Waals surface area contributed by atoms with Crippen LogP contribution in [0.1, 0.15) is 19.1 Å². The summed E-state index contributed by atoms with van der Waals surface area (Å²) in [5.41, 5.74) is 14.5. The Morgan fingerprint density at radius 1 is 1.26 bits per heavy atom. The maximum atomic E-state index is 5.87. The Kier molecular flexibility index (Phi) is 3.23. The van der Waals surface area contributed by atoms with Crippen molar-refractivity contribution < 1.29 is 4.74 Å². The van der Waals surface area contributed by atoms with Gasteiger partial charge in [0.15, 0.2) is 17.0 Å². The van der Waals surface area contributed by atoms with Crippen LogP contribution in [0.2, 0.25) is 0 Å². The van der Waals surface area contributed by atoms with Crippen LogP contribution in [0.15, 0.2) is 30.6 Å². The Balaban J connectivity index is 1.77.